The summed E-state index contributed by atoms with van der Waals surface area (Å²) in [5.41, 5.74) is 1.17. The zero-order chi connectivity index (χ0) is 16.1. The molecule has 0 unspecified atom stereocenters. The highest BCUT2D eigenvalue weighted by molar-refractivity contribution is 5.74. The van der Waals surface area contributed by atoms with Crippen molar-refractivity contribution in [3.8, 4) is 0 Å². The van der Waals surface area contributed by atoms with E-state index in [4.69, 9.17) is 0 Å². The Kier molecular flexibility index (Phi) is 4.95. The Morgan fingerprint density at radius 3 is 2.83 bits per heavy atom. The Labute approximate surface area is 137 Å². The standard InChI is InChI=1S/C18H24N4O/c1-15(17-7-8-17)22(13-16-5-3-2-4-6-16)18(23)20-10-12-21-11-9-19-14-21/h2-6,9,11,14-15,17H,7-8,10,12-13H2,1H3,(H,20,23)/t15-/m0/s1. The summed E-state index contributed by atoms with van der Waals surface area (Å²) in [6.45, 7) is 4.17. The number of hydrogen-bond acceptors (Lipinski definition) is 2. The molecule has 0 radical (unpaired) electrons. The van der Waals surface area contributed by atoms with Gasteiger partial charge >= 0.3 is 6.03 Å². The van der Waals surface area contributed by atoms with E-state index < -0.39 is 0 Å². The minimum absolute atomic E-state index is 0.0216. The van der Waals surface area contributed by atoms with Crippen molar-refractivity contribution in [1.82, 2.24) is 19.8 Å². The van der Waals surface area contributed by atoms with E-state index in [1.165, 1.54) is 18.4 Å². The number of benzene rings is 1. The van der Waals surface area contributed by atoms with Gasteiger partial charge in [-0.25, -0.2) is 9.78 Å². The number of hydrogen-bond donors (Lipinski definition) is 1. The fourth-order valence-corrected chi connectivity index (χ4v) is 2.83. The highest BCUT2D eigenvalue weighted by Crippen LogP contribution is 2.35. The van der Waals surface area contributed by atoms with Crippen LogP contribution in [0.1, 0.15) is 25.3 Å². The molecule has 2 aromatic rings. The van der Waals surface area contributed by atoms with Crippen LogP contribution in [0.2, 0.25) is 0 Å². The van der Waals surface area contributed by atoms with E-state index >= 15 is 0 Å². The van der Waals surface area contributed by atoms with Crippen molar-refractivity contribution in [2.75, 3.05) is 6.54 Å². The molecule has 1 N–H and O–H groups in total. The summed E-state index contributed by atoms with van der Waals surface area (Å²) in [7, 11) is 0. The summed E-state index contributed by atoms with van der Waals surface area (Å²) in [4.78, 5) is 18.6. The average Bonchev–Trinajstić information content (AvgIpc) is 3.30. The van der Waals surface area contributed by atoms with Crippen molar-refractivity contribution in [3.05, 3.63) is 54.6 Å². The highest BCUT2D eigenvalue weighted by Gasteiger charge is 2.34. The third-order valence-electron chi connectivity index (χ3n) is 4.46. The molecule has 23 heavy (non-hydrogen) atoms. The molecular weight excluding hydrogens is 288 g/mol. The first-order chi connectivity index (χ1) is 11.2. The predicted octanol–water partition coefficient (Wildman–Crippen LogP) is 2.89. The van der Waals surface area contributed by atoms with Gasteiger partial charge < -0.3 is 14.8 Å². The summed E-state index contributed by atoms with van der Waals surface area (Å²) in [6.07, 6.45) is 7.88. The SMILES string of the molecule is C[C@@H](C1CC1)N(Cc1ccccc1)C(=O)NCCn1ccnc1. The van der Waals surface area contributed by atoms with Crippen LogP contribution in [0.4, 0.5) is 4.79 Å². The van der Waals surface area contributed by atoms with Crippen LogP contribution in [0, 0.1) is 5.92 Å². The Bertz CT molecular complexity index is 607. The second kappa shape index (κ2) is 7.31. The number of carbonyl (C=O) groups is 1. The maximum Gasteiger partial charge on any atom is 0.318 e. The third-order valence-corrected chi connectivity index (χ3v) is 4.46. The van der Waals surface area contributed by atoms with Crippen molar-refractivity contribution < 1.29 is 4.79 Å². The molecule has 1 aliphatic carbocycles. The first-order valence-corrected chi connectivity index (χ1v) is 8.28. The van der Waals surface area contributed by atoms with Gasteiger partial charge in [-0.15, -0.1) is 0 Å². The van der Waals surface area contributed by atoms with Crippen LogP contribution in [0.15, 0.2) is 49.1 Å². The number of urea groups is 1. The molecule has 122 valence electrons. The normalized spacial score (nSPS) is 15.2. The molecule has 1 saturated carbocycles. The smallest absolute Gasteiger partial charge is 0.318 e. The van der Waals surface area contributed by atoms with Crippen molar-refractivity contribution in [2.24, 2.45) is 5.92 Å². The second-order valence-corrected chi connectivity index (χ2v) is 6.22. The number of imidazole rings is 1. The number of nitrogens with zero attached hydrogens (tertiary/aromatic N) is 3. The lowest BCUT2D eigenvalue weighted by Crippen LogP contribution is -2.46. The summed E-state index contributed by atoms with van der Waals surface area (Å²) in [6, 6.07) is 10.5. The molecule has 1 aromatic heterocycles. The van der Waals surface area contributed by atoms with Crippen LogP contribution in [0.3, 0.4) is 0 Å². The van der Waals surface area contributed by atoms with E-state index in [1.54, 1.807) is 12.5 Å². The van der Waals surface area contributed by atoms with Crippen LogP contribution in [-0.2, 0) is 13.1 Å². The van der Waals surface area contributed by atoms with Crippen molar-refractivity contribution in [3.63, 3.8) is 0 Å². The third kappa shape index (κ3) is 4.34. The van der Waals surface area contributed by atoms with Gasteiger partial charge in [0.25, 0.3) is 0 Å². The van der Waals surface area contributed by atoms with E-state index in [2.05, 4.69) is 29.4 Å². The van der Waals surface area contributed by atoms with Crippen LogP contribution in [0.25, 0.3) is 0 Å². The molecule has 0 saturated heterocycles. The largest absolute Gasteiger partial charge is 0.336 e. The maximum atomic E-state index is 12.6. The summed E-state index contributed by atoms with van der Waals surface area (Å²) in [5.74, 6) is 0.651. The van der Waals surface area contributed by atoms with Crippen molar-refractivity contribution in [1.29, 1.82) is 0 Å². The quantitative estimate of drug-likeness (QED) is 0.854. The molecule has 5 nitrogen and oxygen atoms in total. The molecule has 0 aliphatic heterocycles. The van der Waals surface area contributed by atoms with E-state index in [9.17, 15) is 4.79 Å². The molecule has 1 aliphatic rings. The molecule has 1 fully saturated rings. The lowest BCUT2D eigenvalue weighted by atomic mass is 10.1. The summed E-state index contributed by atoms with van der Waals surface area (Å²) >= 11 is 0. The van der Waals surface area contributed by atoms with Gasteiger partial charge in [0.05, 0.1) is 6.33 Å². The van der Waals surface area contributed by atoms with E-state index in [-0.39, 0.29) is 12.1 Å². The molecule has 1 heterocycles. The van der Waals surface area contributed by atoms with Crippen LogP contribution in [-0.4, -0.2) is 33.1 Å². The van der Waals surface area contributed by atoms with E-state index in [0.717, 1.165) is 6.54 Å². The van der Waals surface area contributed by atoms with Gasteiger partial charge in [0.2, 0.25) is 0 Å². The molecular formula is C18H24N4O. The molecule has 1 atom stereocenters. The second-order valence-electron chi connectivity index (χ2n) is 6.22. The number of aromatic nitrogens is 2. The Hall–Kier alpha value is -2.30. The van der Waals surface area contributed by atoms with Gasteiger partial charge in [0.15, 0.2) is 0 Å². The number of carbonyl (C=O) groups excluding carboxylic acids is 1. The Morgan fingerprint density at radius 2 is 2.17 bits per heavy atom. The van der Waals surface area contributed by atoms with Gasteiger partial charge in [-0.3, -0.25) is 0 Å². The van der Waals surface area contributed by atoms with E-state index in [1.807, 2.05) is 33.9 Å². The first-order valence-electron chi connectivity index (χ1n) is 8.28. The van der Waals surface area contributed by atoms with Crippen LogP contribution < -0.4 is 5.32 Å². The lowest BCUT2D eigenvalue weighted by Gasteiger charge is -2.29. The fourth-order valence-electron chi connectivity index (χ4n) is 2.83. The van der Waals surface area contributed by atoms with E-state index in [0.29, 0.717) is 19.0 Å². The number of amides is 2. The maximum absolute atomic E-state index is 12.6. The highest BCUT2D eigenvalue weighted by atomic mass is 16.2. The molecule has 0 bridgehead atoms. The van der Waals surface area contributed by atoms with Gasteiger partial charge in [0, 0.05) is 38.1 Å². The lowest BCUT2D eigenvalue weighted by molar-refractivity contribution is 0.167. The summed E-state index contributed by atoms with van der Waals surface area (Å²) < 4.78 is 1.96. The minimum atomic E-state index is 0.0216. The van der Waals surface area contributed by atoms with Crippen molar-refractivity contribution in [2.45, 2.75) is 38.9 Å². The van der Waals surface area contributed by atoms with Gasteiger partial charge in [-0.2, -0.15) is 0 Å². The molecule has 0 spiro atoms. The molecule has 3 rings (SSSR count). The van der Waals surface area contributed by atoms with Crippen molar-refractivity contribution >= 4 is 6.03 Å². The first kappa shape index (κ1) is 15.6. The average molecular weight is 312 g/mol. The predicted molar refractivity (Wildman–Crippen MR) is 89.8 cm³/mol. The monoisotopic (exact) mass is 312 g/mol. The van der Waals surface area contributed by atoms with Crippen LogP contribution >= 0.6 is 0 Å². The molecule has 5 heteroatoms. The minimum Gasteiger partial charge on any atom is -0.336 e. The zero-order valence-electron chi connectivity index (χ0n) is 13.6. The van der Waals surface area contributed by atoms with Crippen LogP contribution in [0.5, 0.6) is 0 Å². The zero-order valence-corrected chi connectivity index (χ0v) is 13.6. The topological polar surface area (TPSA) is 50.2 Å². The fraction of sp³-hybridized carbons (Fsp3) is 0.444. The Morgan fingerprint density at radius 1 is 1.39 bits per heavy atom. The number of rotatable bonds is 7. The van der Waals surface area contributed by atoms with Gasteiger partial charge in [-0.05, 0) is 31.2 Å². The molecule has 2 amide bonds. The summed E-state index contributed by atoms with van der Waals surface area (Å²) in [5, 5.41) is 3.04. The molecule has 1 aromatic carbocycles. The van der Waals surface area contributed by atoms with Gasteiger partial charge in [0.1, 0.15) is 0 Å². The van der Waals surface area contributed by atoms with Gasteiger partial charge in [-0.1, -0.05) is 30.3 Å². The number of nitrogens with one attached hydrogen (secondary N) is 1. The Balaban J connectivity index is 1.58.